The molecule has 3 nitrogen and oxygen atoms in total. The van der Waals surface area contributed by atoms with Gasteiger partial charge in [0.15, 0.2) is 9.84 Å². The van der Waals surface area contributed by atoms with Crippen LogP contribution in [0.1, 0.15) is 45.2 Å². The van der Waals surface area contributed by atoms with E-state index in [9.17, 15) is 8.42 Å². The Morgan fingerprint density at radius 1 is 1.19 bits per heavy atom. The van der Waals surface area contributed by atoms with Gasteiger partial charge in [-0.05, 0) is 44.0 Å². The highest BCUT2D eigenvalue weighted by molar-refractivity contribution is 8.00. The minimum Gasteiger partial charge on any atom is -0.310 e. The fourth-order valence-corrected chi connectivity index (χ4v) is 4.86. The Morgan fingerprint density at radius 2 is 1.95 bits per heavy atom. The van der Waals surface area contributed by atoms with Crippen molar-refractivity contribution >= 4 is 21.6 Å². The third-order valence-corrected chi connectivity index (χ3v) is 6.35. The molecule has 1 aromatic carbocycles. The van der Waals surface area contributed by atoms with E-state index in [1.807, 2.05) is 19.1 Å². The van der Waals surface area contributed by atoms with Gasteiger partial charge >= 0.3 is 0 Å². The second kappa shape index (κ2) is 9.49. The maximum absolute atomic E-state index is 11.7. The Bertz CT molecular complexity index is 515. The fourth-order valence-electron chi connectivity index (χ4n) is 2.05. The molecule has 1 rings (SSSR count). The molecule has 120 valence electrons. The van der Waals surface area contributed by atoms with Crippen LogP contribution in [0, 0.1) is 0 Å². The number of hydrogen-bond donors (Lipinski definition) is 1. The SMILES string of the molecule is CCCNC(C)c1cccc(SCCS(=O)(=O)CCC)c1. The van der Waals surface area contributed by atoms with Gasteiger partial charge in [-0.25, -0.2) is 8.42 Å². The first-order chi connectivity index (χ1) is 9.98. The van der Waals surface area contributed by atoms with Gasteiger partial charge in [0, 0.05) is 22.4 Å². The fraction of sp³-hybridized carbons (Fsp3) is 0.625. The van der Waals surface area contributed by atoms with Crippen LogP contribution in [0.25, 0.3) is 0 Å². The molecule has 0 aliphatic heterocycles. The van der Waals surface area contributed by atoms with Crippen LogP contribution in [-0.4, -0.2) is 32.2 Å². The third kappa shape index (κ3) is 7.34. The van der Waals surface area contributed by atoms with Gasteiger partial charge < -0.3 is 5.32 Å². The molecule has 0 aliphatic rings. The predicted molar refractivity (Wildman–Crippen MR) is 92.8 cm³/mol. The lowest BCUT2D eigenvalue weighted by atomic mass is 10.1. The topological polar surface area (TPSA) is 46.2 Å². The molecule has 5 heteroatoms. The molecule has 1 N–H and O–H groups in total. The lowest BCUT2D eigenvalue weighted by molar-refractivity contribution is 0.570. The summed E-state index contributed by atoms with van der Waals surface area (Å²) >= 11 is 1.62. The lowest BCUT2D eigenvalue weighted by Crippen LogP contribution is -2.19. The number of hydrogen-bond acceptors (Lipinski definition) is 4. The van der Waals surface area contributed by atoms with Crippen molar-refractivity contribution in [1.82, 2.24) is 5.32 Å². The molecule has 0 bridgehead atoms. The van der Waals surface area contributed by atoms with Crippen molar-refractivity contribution in [3.05, 3.63) is 29.8 Å². The quantitative estimate of drug-likeness (QED) is 0.665. The molecular weight excluding hydrogens is 302 g/mol. The van der Waals surface area contributed by atoms with Gasteiger partial charge in [-0.2, -0.15) is 0 Å². The zero-order valence-corrected chi connectivity index (χ0v) is 14.9. The van der Waals surface area contributed by atoms with E-state index in [1.54, 1.807) is 11.8 Å². The van der Waals surface area contributed by atoms with Gasteiger partial charge in [-0.3, -0.25) is 0 Å². The van der Waals surface area contributed by atoms with Crippen LogP contribution in [0.15, 0.2) is 29.2 Å². The molecule has 0 saturated heterocycles. The van der Waals surface area contributed by atoms with Crippen molar-refractivity contribution in [2.75, 3.05) is 23.8 Å². The van der Waals surface area contributed by atoms with Crippen molar-refractivity contribution < 1.29 is 8.42 Å². The van der Waals surface area contributed by atoms with Gasteiger partial charge in [-0.1, -0.05) is 26.0 Å². The maximum Gasteiger partial charge on any atom is 0.151 e. The number of benzene rings is 1. The molecule has 0 fully saturated rings. The van der Waals surface area contributed by atoms with Crippen LogP contribution in [-0.2, 0) is 9.84 Å². The summed E-state index contributed by atoms with van der Waals surface area (Å²) in [6, 6.07) is 8.69. The molecule has 0 aliphatic carbocycles. The number of sulfone groups is 1. The Kier molecular flexibility index (Phi) is 8.37. The van der Waals surface area contributed by atoms with Crippen molar-refractivity contribution in [3.63, 3.8) is 0 Å². The van der Waals surface area contributed by atoms with E-state index in [1.165, 1.54) is 5.56 Å². The minimum absolute atomic E-state index is 0.263. The largest absolute Gasteiger partial charge is 0.310 e. The summed E-state index contributed by atoms with van der Waals surface area (Å²) < 4.78 is 23.4. The van der Waals surface area contributed by atoms with Crippen LogP contribution >= 0.6 is 11.8 Å². The number of rotatable bonds is 10. The van der Waals surface area contributed by atoms with Gasteiger partial charge in [0.2, 0.25) is 0 Å². The van der Waals surface area contributed by atoms with E-state index in [0.29, 0.717) is 24.0 Å². The monoisotopic (exact) mass is 329 g/mol. The van der Waals surface area contributed by atoms with Crippen LogP contribution in [0.4, 0.5) is 0 Å². The van der Waals surface area contributed by atoms with Crippen LogP contribution in [0.3, 0.4) is 0 Å². The molecule has 0 radical (unpaired) electrons. The molecule has 0 spiro atoms. The van der Waals surface area contributed by atoms with E-state index in [2.05, 4.69) is 31.3 Å². The standard InChI is InChI=1S/C16H27NO2S2/c1-4-9-17-14(3)15-7-6-8-16(13-15)20-10-12-21(18,19)11-5-2/h6-8,13-14,17H,4-5,9-12H2,1-3H3. The Balaban J connectivity index is 2.53. The average molecular weight is 330 g/mol. The van der Waals surface area contributed by atoms with Crippen molar-refractivity contribution in [2.45, 2.75) is 44.6 Å². The van der Waals surface area contributed by atoms with Gasteiger partial charge in [0.1, 0.15) is 0 Å². The molecule has 0 amide bonds. The molecule has 21 heavy (non-hydrogen) atoms. The lowest BCUT2D eigenvalue weighted by Gasteiger charge is -2.14. The highest BCUT2D eigenvalue weighted by Crippen LogP contribution is 2.22. The smallest absolute Gasteiger partial charge is 0.151 e. The second-order valence-corrected chi connectivity index (χ2v) is 8.72. The Hall–Kier alpha value is -0.520. The van der Waals surface area contributed by atoms with E-state index < -0.39 is 9.84 Å². The van der Waals surface area contributed by atoms with Crippen molar-refractivity contribution in [1.29, 1.82) is 0 Å². The first-order valence-electron chi connectivity index (χ1n) is 7.65. The molecule has 0 aromatic heterocycles. The number of thioether (sulfide) groups is 1. The summed E-state index contributed by atoms with van der Waals surface area (Å²) in [6.07, 6.45) is 1.82. The average Bonchev–Trinajstić information content (AvgIpc) is 2.44. The summed E-state index contributed by atoms with van der Waals surface area (Å²) in [7, 11) is -2.87. The first kappa shape index (κ1) is 18.5. The van der Waals surface area contributed by atoms with Gasteiger partial charge in [0.25, 0.3) is 0 Å². The molecule has 0 heterocycles. The molecular formula is C16H27NO2S2. The minimum atomic E-state index is -2.87. The first-order valence-corrected chi connectivity index (χ1v) is 10.5. The predicted octanol–water partition coefficient (Wildman–Crippen LogP) is 3.66. The van der Waals surface area contributed by atoms with Crippen LogP contribution in [0.5, 0.6) is 0 Å². The Morgan fingerprint density at radius 3 is 2.62 bits per heavy atom. The van der Waals surface area contributed by atoms with E-state index in [4.69, 9.17) is 0 Å². The van der Waals surface area contributed by atoms with Crippen molar-refractivity contribution in [2.24, 2.45) is 0 Å². The van der Waals surface area contributed by atoms with E-state index in [0.717, 1.165) is 17.9 Å². The molecule has 0 saturated carbocycles. The third-order valence-electron chi connectivity index (χ3n) is 3.24. The van der Waals surface area contributed by atoms with Gasteiger partial charge in [0.05, 0.1) is 5.75 Å². The normalized spacial score (nSPS) is 13.3. The highest BCUT2D eigenvalue weighted by Gasteiger charge is 2.10. The summed E-state index contributed by atoms with van der Waals surface area (Å²) in [5, 5.41) is 3.47. The summed E-state index contributed by atoms with van der Waals surface area (Å²) in [5.41, 5.74) is 1.25. The number of nitrogens with one attached hydrogen (secondary N) is 1. The zero-order valence-electron chi connectivity index (χ0n) is 13.3. The van der Waals surface area contributed by atoms with Crippen LogP contribution in [0.2, 0.25) is 0 Å². The zero-order chi connectivity index (χ0) is 15.7. The summed E-state index contributed by atoms with van der Waals surface area (Å²) in [6.45, 7) is 7.22. The Labute approximate surface area is 133 Å². The summed E-state index contributed by atoms with van der Waals surface area (Å²) in [5.74, 6) is 1.19. The van der Waals surface area contributed by atoms with E-state index >= 15 is 0 Å². The second-order valence-electron chi connectivity index (χ2n) is 5.25. The highest BCUT2D eigenvalue weighted by atomic mass is 32.2. The van der Waals surface area contributed by atoms with E-state index in [-0.39, 0.29) is 5.75 Å². The molecule has 1 atom stereocenters. The molecule has 1 aromatic rings. The van der Waals surface area contributed by atoms with Crippen LogP contribution < -0.4 is 5.32 Å². The van der Waals surface area contributed by atoms with Crippen molar-refractivity contribution in [3.8, 4) is 0 Å². The summed E-state index contributed by atoms with van der Waals surface area (Å²) in [4.78, 5) is 1.14. The molecule has 1 unspecified atom stereocenters. The van der Waals surface area contributed by atoms with Gasteiger partial charge in [-0.15, -0.1) is 11.8 Å². The maximum atomic E-state index is 11.7.